The molecular formula is C30H34ClN5O5. The fourth-order valence-corrected chi connectivity index (χ4v) is 5.41. The third-order valence-electron chi connectivity index (χ3n) is 7.91. The van der Waals surface area contributed by atoms with Crippen LogP contribution in [-0.4, -0.2) is 72.4 Å². The van der Waals surface area contributed by atoms with E-state index in [0.29, 0.717) is 16.3 Å². The first-order valence-electron chi connectivity index (χ1n) is 13.7. The van der Waals surface area contributed by atoms with Crippen molar-refractivity contribution in [1.29, 1.82) is 0 Å². The van der Waals surface area contributed by atoms with Gasteiger partial charge < -0.3 is 24.4 Å². The number of rotatable bonds is 5. The molecule has 0 amide bonds. The molecule has 2 aliphatic heterocycles. The van der Waals surface area contributed by atoms with Gasteiger partial charge in [0.15, 0.2) is 0 Å². The van der Waals surface area contributed by atoms with E-state index in [9.17, 15) is 9.59 Å². The number of halogens is 1. The molecule has 4 atom stereocenters. The van der Waals surface area contributed by atoms with Crippen molar-refractivity contribution < 1.29 is 24.2 Å². The van der Waals surface area contributed by atoms with Crippen LogP contribution >= 0.6 is 11.6 Å². The molecule has 4 fully saturated rings. The van der Waals surface area contributed by atoms with Crippen LogP contribution in [0, 0.1) is 23.7 Å². The highest BCUT2D eigenvalue weighted by Crippen LogP contribution is 2.46. The van der Waals surface area contributed by atoms with Gasteiger partial charge in [-0.3, -0.25) is 0 Å². The molecule has 4 unspecified atom stereocenters. The van der Waals surface area contributed by atoms with E-state index in [-0.39, 0.29) is 12.6 Å². The normalized spacial score (nSPS) is 22.7. The maximum Gasteiger partial charge on any atom is 0.339 e. The summed E-state index contributed by atoms with van der Waals surface area (Å²) in [6.45, 7) is 4.68. The van der Waals surface area contributed by atoms with Crippen molar-refractivity contribution in [2.75, 3.05) is 50.2 Å². The highest BCUT2D eigenvalue weighted by molar-refractivity contribution is 6.29. The van der Waals surface area contributed by atoms with Crippen molar-refractivity contribution in [3.63, 3.8) is 0 Å². The van der Waals surface area contributed by atoms with Crippen LogP contribution in [-0.2, 0) is 16.1 Å². The summed E-state index contributed by atoms with van der Waals surface area (Å²) in [5.74, 6) is 4.96. The van der Waals surface area contributed by atoms with Crippen molar-refractivity contribution in [3.8, 4) is 0 Å². The molecule has 41 heavy (non-hydrogen) atoms. The number of aliphatic hydroxyl groups excluding tert-OH is 1. The van der Waals surface area contributed by atoms with E-state index < -0.39 is 5.97 Å². The number of pyridine rings is 3. The number of hydrogen-bond acceptors (Lipinski definition) is 10. The summed E-state index contributed by atoms with van der Waals surface area (Å²) in [4.78, 5) is 39.1. The number of esters is 2. The van der Waals surface area contributed by atoms with Gasteiger partial charge in [0.1, 0.15) is 16.8 Å². The fraction of sp³-hybridized carbons (Fsp3) is 0.433. The van der Waals surface area contributed by atoms with Gasteiger partial charge in [0.2, 0.25) is 0 Å². The number of fused-ring (bicyclic) bond motifs is 2. The molecule has 2 saturated heterocycles. The van der Waals surface area contributed by atoms with Crippen LogP contribution in [0.15, 0.2) is 55.0 Å². The number of aromatic nitrogens is 3. The maximum absolute atomic E-state index is 11.2. The van der Waals surface area contributed by atoms with E-state index in [2.05, 4.69) is 34.2 Å². The Morgan fingerprint density at radius 1 is 0.756 bits per heavy atom. The molecule has 2 aliphatic carbocycles. The lowest BCUT2D eigenvalue weighted by atomic mass is 10.3. The minimum Gasteiger partial charge on any atom is -0.465 e. The largest absolute Gasteiger partial charge is 0.465 e. The lowest BCUT2D eigenvalue weighted by Gasteiger charge is -2.18. The van der Waals surface area contributed by atoms with E-state index in [1.165, 1.54) is 52.4 Å². The van der Waals surface area contributed by atoms with Gasteiger partial charge in [0.25, 0.3) is 0 Å². The van der Waals surface area contributed by atoms with E-state index in [1.807, 2.05) is 18.2 Å². The van der Waals surface area contributed by atoms with Gasteiger partial charge in [-0.2, -0.15) is 0 Å². The molecule has 10 nitrogen and oxygen atoms in total. The third kappa shape index (κ3) is 7.31. The third-order valence-corrected chi connectivity index (χ3v) is 8.14. The molecule has 0 aromatic carbocycles. The molecular weight excluding hydrogens is 546 g/mol. The van der Waals surface area contributed by atoms with E-state index in [1.54, 1.807) is 24.5 Å². The zero-order valence-corrected chi connectivity index (χ0v) is 23.9. The highest BCUT2D eigenvalue weighted by atomic mass is 35.5. The number of methoxy groups -OCH3 is 2. The summed E-state index contributed by atoms with van der Waals surface area (Å²) >= 11 is 5.50. The number of ether oxygens (including phenoxy) is 2. The Bertz CT molecular complexity index is 1320. The number of piperidine rings is 2. The minimum atomic E-state index is -0.408. The van der Waals surface area contributed by atoms with Gasteiger partial charge in [-0.05, 0) is 72.4 Å². The average molecular weight is 580 g/mol. The van der Waals surface area contributed by atoms with Crippen LogP contribution in [0.25, 0.3) is 0 Å². The quantitative estimate of drug-likeness (QED) is 0.352. The second-order valence-corrected chi connectivity index (χ2v) is 11.1. The number of hydrogen-bond donors (Lipinski definition) is 1. The minimum absolute atomic E-state index is 0.0819. The summed E-state index contributed by atoms with van der Waals surface area (Å²) in [6.07, 6.45) is 7.53. The predicted octanol–water partition coefficient (Wildman–Crippen LogP) is 3.88. The summed E-state index contributed by atoms with van der Waals surface area (Å²) in [6, 6.07) is 10.7. The molecule has 3 aromatic rings. The zero-order valence-electron chi connectivity index (χ0n) is 23.1. The van der Waals surface area contributed by atoms with Gasteiger partial charge in [-0.1, -0.05) is 17.7 Å². The zero-order chi connectivity index (χ0) is 28.9. The summed E-state index contributed by atoms with van der Waals surface area (Å²) in [5.41, 5.74) is 1.80. The Hall–Kier alpha value is -3.76. The van der Waals surface area contributed by atoms with Crippen LogP contribution < -0.4 is 9.80 Å². The molecule has 7 rings (SSSR count). The number of carbonyl (C=O) groups is 2. The van der Waals surface area contributed by atoms with Crippen molar-refractivity contribution in [2.24, 2.45) is 23.7 Å². The maximum atomic E-state index is 11.2. The molecule has 0 radical (unpaired) electrons. The van der Waals surface area contributed by atoms with Crippen LogP contribution in [0.4, 0.5) is 11.6 Å². The lowest BCUT2D eigenvalue weighted by molar-refractivity contribution is 0.0591. The number of nitrogens with zero attached hydrogens (tertiary/aromatic N) is 5. The number of anilines is 2. The van der Waals surface area contributed by atoms with Crippen molar-refractivity contribution in [2.45, 2.75) is 19.4 Å². The van der Waals surface area contributed by atoms with E-state index in [0.717, 1.165) is 54.0 Å². The second kappa shape index (κ2) is 12.8. The van der Waals surface area contributed by atoms with Gasteiger partial charge in [0, 0.05) is 44.8 Å². The molecule has 2 saturated carbocycles. The Morgan fingerprint density at radius 3 is 1.59 bits per heavy atom. The van der Waals surface area contributed by atoms with E-state index in [4.69, 9.17) is 16.7 Å². The van der Waals surface area contributed by atoms with Crippen LogP contribution in [0.1, 0.15) is 39.1 Å². The predicted molar refractivity (Wildman–Crippen MR) is 154 cm³/mol. The topological polar surface area (TPSA) is 118 Å². The Labute approximate surface area is 244 Å². The molecule has 3 aromatic heterocycles. The fourth-order valence-electron chi connectivity index (χ4n) is 5.29. The number of aliphatic hydroxyl groups is 1. The van der Waals surface area contributed by atoms with Crippen molar-refractivity contribution >= 4 is 35.2 Å². The van der Waals surface area contributed by atoms with Crippen LogP contribution in [0.5, 0.6) is 0 Å². The Balaban J connectivity index is 0.000000126. The monoisotopic (exact) mass is 579 g/mol. The second-order valence-electron chi connectivity index (χ2n) is 10.8. The summed E-state index contributed by atoms with van der Waals surface area (Å²) < 4.78 is 9.09. The van der Waals surface area contributed by atoms with Crippen molar-refractivity contribution in [1.82, 2.24) is 15.0 Å². The standard InChI is InChI=1S/C12H14N2O2.C11H14N2O.C7H6ClNO2/c1-16-12(15)8-2-3-11(13-5-8)14-6-9-4-10(9)7-14;14-7-8-1-2-11(12-4-8)13-5-9-3-10(9)6-13;1-11-7(10)5-2-3-6(8)9-4-5/h2-3,5,9-10H,4,6-7H2,1H3;1-2,4,9-10,14H,3,5-7H2;2-4H,1H3. The smallest absolute Gasteiger partial charge is 0.339 e. The Morgan fingerprint density at radius 2 is 1.22 bits per heavy atom. The van der Waals surface area contributed by atoms with E-state index >= 15 is 0 Å². The highest BCUT2D eigenvalue weighted by Gasteiger charge is 2.46. The molecule has 4 aliphatic rings. The van der Waals surface area contributed by atoms with Gasteiger partial charge in [-0.15, -0.1) is 0 Å². The molecule has 216 valence electrons. The van der Waals surface area contributed by atoms with Gasteiger partial charge in [-0.25, -0.2) is 24.5 Å². The Kier molecular flexibility index (Phi) is 8.99. The molecule has 11 heteroatoms. The van der Waals surface area contributed by atoms with Gasteiger partial charge >= 0.3 is 11.9 Å². The first-order chi connectivity index (χ1) is 19.9. The van der Waals surface area contributed by atoms with Crippen LogP contribution in [0.2, 0.25) is 5.15 Å². The first kappa shape index (κ1) is 28.8. The lowest BCUT2D eigenvalue weighted by Crippen LogP contribution is -2.22. The molecule has 0 spiro atoms. The average Bonchev–Trinajstić information content (AvgIpc) is 3.87. The number of carbonyl (C=O) groups excluding carboxylic acids is 2. The first-order valence-corrected chi connectivity index (χ1v) is 14.1. The van der Waals surface area contributed by atoms with Gasteiger partial charge in [0.05, 0.1) is 32.0 Å². The SMILES string of the molecule is COC(=O)c1ccc(Cl)nc1.COC(=O)c1ccc(N2CC3CC3C2)nc1.OCc1ccc(N2CC3CC3C2)nc1. The van der Waals surface area contributed by atoms with Crippen LogP contribution in [0.3, 0.4) is 0 Å². The summed E-state index contributed by atoms with van der Waals surface area (Å²) in [7, 11) is 2.70. The molecule has 1 N–H and O–H groups in total. The summed E-state index contributed by atoms with van der Waals surface area (Å²) in [5, 5.41) is 9.25. The molecule has 0 bridgehead atoms. The van der Waals surface area contributed by atoms with Crippen molar-refractivity contribution in [3.05, 3.63) is 76.8 Å². The molecule has 5 heterocycles.